The monoisotopic (exact) mass is 269 g/mol. The van der Waals surface area contributed by atoms with Crippen molar-refractivity contribution >= 4 is 23.1 Å². The lowest BCUT2D eigenvalue weighted by Crippen LogP contribution is -2.03. The number of anilines is 2. The van der Waals surface area contributed by atoms with Gasteiger partial charge in [0.2, 0.25) is 0 Å². The third kappa shape index (κ3) is 2.41. The number of para-hydroxylation sites is 1. The minimum absolute atomic E-state index is 0.248. The summed E-state index contributed by atoms with van der Waals surface area (Å²) < 4.78 is 27.0. The van der Waals surface area contributed by atoms with E-state index < -0.39 is 11.6 Å². The van der Waals surface area contributed by atoms with E-state index in [-0.39, 0.29) is 10.8 Å². The van der Waals surface area contributed by atoms with Crippen LogP contribution in [0.4, 0.5) is 20.3 Å². The van der Waals surface area contributed by atoms with E-state index in [4.69, 9.17) is 11.6 Å². The van der Waals surface area contributed by atoms with Gasteiger partial charge in [-0.2, -0.15) is 0 Å². The third-order valence-electron chi connectivity index (χ3n) is 2.45. The number of hydrogen-bond donors (Lipinski definition) is 1. The maximum absolute atomic E-state index is 13.5. The molecule has 0 bridgehead atoms. The van der Waals surface area contributed by atoms with Gasteiger partial charge in [0.1, 0.15) is 34.6 Å². The van der Waals surface area contributed by atoms with E-state index in [1.54, 1.807) is 0 Å². The Hall–Kier alpha value is -1.75. The van der Waals surface area contributed by atoms with Crippen LogP contribution in [0.5, 0.6) is 0 Å². The van der Waals surface area contributed by atoms with Crippen LogP contribution in [-0.2, 0) is 6.42 Å². The summed E-state index contributed by atoms with van der Waals surface area (Å²) in [7, 11) is 0. The fourth-order valence-electron chi connectivity index (χ4n) is 1.55. The van der Waals surface area contributed by atoms with E-state index in [2.05, 4.69) is 15.3 Å². The molecule has 6 heteroatoms. The molecular formula is C12H10ClF2N3. The summed E-state index contributed by atoms with van der Waals surface area (Å²) >= 11 is 5.90. The molecule has 0 amide bonds. The van der Waals surface area contributed by atoms with Crippen LogP contribution in [0.25, 0.3) is 0 Å². The number of nitrogens with zero attached hydrogens (tertiary/aromatic N) is 2. The fourth-order valence-corrected chi connectivity index (χ4v) is 1.81. The van der Waals surface area contributed by atoms with Crippen molar-refractivity contribution in [2.45, 2.75) is 13.3 Å². The summed E-state index contributed by atoms with van der Waals surface area (Å²) in [6, 6.07) is 3.63. The predicted octanol–water partition coefficient (Wildman–Crippen LogP) is 3.71. The molecule has 2 rings (SSSR count). The smallest absolute Gasteiger partial charge is 0.149 e. The topological polar surface area (TPSA) is 37.8 Å². The lowest BCUT2D eigenvalue weighted by molar-refractivity contribution is 0.590. The lowest BCUT2D eigenvalue weighted by Gasteiger charge is -2.11. The van der Waals surface area contributed by atoms with E-state index in [0.717, 1.165) is 0 Å². The molecule has 1 aromatic heterocycles. The lowest BCUT2D eigenvalue weighted by atomic mass is 10.2. The van der Waals surface area contributed by atoms with Crippen LogP contribution in [0.2, 0.25) is 5.15 Å². The predicted molar refractivity (Wildman–Crippen MR) is 66.1 cm³/mol. The first-order valence-corrected chi connectivity index (χ1v) is 5.71. The van der Waals surface area contributed by atoms with Gasteiger partial charge in [-0.05, 0) is 18.6 Å². The summed E-state index contributed by atoms with van der Waals surface area (Å²) in [5, 5.41) is 2.89. The first kappa shape index (κ1) is 12.7. The van der Waals surface area contributed by atoms with Gasteiger partial charge in [-0.25, -0.2) is 18.7 Å². The molecule has 0 aliphatic rings. The summed E-state index contributed by atoms with van der Waals surface area (Å²) in [6.07, 6.45) is 1.79. The molecule has 1 aromatic carbocycles. The van der Waals surface area contributed by atoms with E-state index in [9.17, 15) is 8.78 Å². The molecule has 0 unspecified atom stereocenters. The molecule has 0 saturated heterocycles. The van der Waals surface area contributed by atoms with E-state index in [1.165, 1.54) is 24.5 Å². The fraction of sp³-hybridized carbons (Fsp3) is 0.167. The standard InChI is InChI=1S/C12H10ClF2N3/c1-2-7-11(13)16-6-17-12(7)18-10-8(14)4-3-5-9(10)15/h3-6H,2H2,1H3,(H,16,17,18). The molecule has 0 spiro atoms. The Bertz CT molecular complexity index is 555. The quantitative estimate of drug-likeness (QED) is 0.863. The van der Waals surface area contributed by atoms with Crippen molar-refractivity contribution in [2.24, 2.45) is 0 Å². The molecular weight excluding hydrogens is 260 g/mol. The number of rotatable bonds is 3. The third-order valence-corrected chi connectivity index (χ3v) is 2.78. The molecule has 0 fully saturated rings. The Morgan fingerprint density at radius 3 is 2.50 bits per heavy atom. The van der Waals surface area contributed by atoms with Crippen molar-refractivity contribution in [1.82, 2.24) is 9.97 Å². The average molecular weight is 270 g/mol. The van der Waals surface area contributed by atoms with Crippen LogP contribution in [-0.4, -0.2) is 9.97 Å². The summed E-state index contributed by atoms with van der Waals surface area (Å²) in [6.45, 7) is 1.85. The van der Waals surface area contributed by atoms with Gasteiger partial charge in [-0.1, -0.05) is 24.6 Å². The largest absolute Gasteiger partial charge is 0.335 e. The number of benzene rings is 1. The highest BCUT2D eigenvalue weighted by Crippen LogP contribution is 2.26. The molecule has 0 aliphatic heterocycles. The molecule has 0 radical (unpaired) electrons. The van der Waals surface area contributed by atoms with Crippen molar-refractivity contribution in [1.29, 1.82) is 0 Å². The van der Waals surface area contributed by atoms with E-state index in [0.29, 0.717) is 17.8 Å². The highest BCUT2D eigenvalue weighted by molar-refractivity contribution is 6.30. The number of halogens is 3. The molecule has 18 heavy (non-hydrogen) atoms. The van der Waals surface area contributed by atoms with Crippen LogP contribution in [0.15, 0.2) is 24.5 Å². The van der Waals surface area contributed by atoms with E-state index in [1.807, 2.05) is 6.92 Å². The zero-order valence-electron chi connectivity index (χ0n) is 9.54. The highest BCUT2D eigenvalue weighted by atomic mass is 35.5. The summed E-state index contributed by atoms with van der Waals surface area (Å²) in [4.78, 5) is 7.77. The number of hydrogen-bond acceptors (Lipinski definition) is 3. The van der Waals surface area contributed by atoms with Crippen molar-refractivity contribution in [2.75, 3.05) is 5.32 Å². The molecule has 1 heterocycles. The zero-order valence-corrected chi connectivity index (χ0v) is 10.3. The van der Waals surface area contributed by atoms with Gasteiger partial charge >= 0.3 is 0 Å². The molecule has 3 nitrogen and oxygen atoms in total. The molecule has 0 atom stereocenters. The van der Waals surface area contributed by atoms with Crippen LogP contribution < -0.4 is 5.32 Å². The van der Waals surface area contributed by atoms with Gasteiger partial charge in [0.15, 0.2) is 0 Å². The second-order valence-corrected chi connectivity index (χ2v) is 3.92. The maximum atomic E-state index is 13.5. The Balaban J connectivity index is 2.43. The average Bonchev–Trinajstić information content (AvgIpc) is 2.34. The van der Waals surface area contributed by atoms with Crippen molar-refractivity contribution in [3.8, 4) is 0 Å². The normalized spacial score (nSPS) is 10.4. The molecule has 94 valence electrons. The Labute approximate surface area is 108 Å². The molecule has 0 saturated carbocycles. The zero-order chi connectivity index (χ0) is 13.1. The highest BCUT2D eigenvalue weighted by Gasteiger charge is 2.13. The van der Waals surface area contributed by atoms with Gasteiger partial charge in [0, 0.05) is 5.56 Å². The van der Waals surface area contributed by atoms with Gasteiger partial charge in [-0.15, -0.1) is 0 Å². The van der Waals surface area contributed by atoms with Crippen LogP contribution in [0.1, 0.15) is 12.5 Å². The first-order valence-electron chi connectivity index (χ1n) is 5.34. The van der Waals surface area contributed by atoms with Gasteiger partial charge in [0.05, 0.1) is 0 Å². The number of aromatic nitrogens is 2. The second-order valence-electron chi connectivity index (χ2n) is 3.57. The summed E-state index contributed by atoms with van der Waals surface area (Å²) in [5.74, 6) is -1.07. The van der Waals surface area contributed by atoms with Crippen LogP contribution >= 0.6 is 11.6 Å². The van der Waals surface area contributed by atoms with Gasteiger partial charge in [-0.3, -0.25) is 0 Å². The number of nitrogens with one attached hydrogen (secondary N) is 1. The Morgan fingerprint density at radius 1 is 1.22 bits per heavy atom. The summed E-state index contributed by atoms with van der Waals surface area (Å²) in [5.41, 5.74) is 0.365. The van der Waals surface area contributed by atoms with Gasteiger partial charge in [0.25, 0.3) is 0 Å². The SMILES string of the molecule is CCc1c(Cl)ncnc1Nc1c(F)cccc1F. The van der Waals surface area contributed by atoms with Gasteiger partial charge < -0.3 is 5.32 Å². The maximum Gasteiger partial charge on any atom is 0.149 e. The first-order chi connectivity index (χ1) is 8.63. The Kier molecular flexibility index (Phi) is 3.72. The second kappa shape index (κ2) is 5.27. The van der Waals surface area contributed by atoms with Crippen molar-refractivity contribution < 1.29 is 8.78 Å². The Morgan fingerprint density at radius 2 is 1.89 bits per heavy atom. The molecule has 1 N–H and O–H groups in total. The van der Waals surface area contributed by atoms with E-state index >= 15 is 0 Å². The van der Waals surface area contributed by atoms with Crippen molar-refractivity contribution in [3.63, 3.8) is 0 Å². The van der Waals surface area contributed by atoms with Crippen LogP contribution in [0.3, 0.4) is 0 Å². The minimum Gasteiger partial charge on any atom is -0.335 e. The van der Waals surface area contributed by atoms with Crippen LogP contribution in [0, 0.1) is 11.6 Å². The minimum atomic E-state index is -0.688. The van der Waals surface area contributed by atoms with Crippen molar-refractivity contribution in [3.05, 3.63) is 46.9 Å². The molecule has 2 aromatic rings. The molecule has 0 aliphatic carbocycles.